The largest absolute Gasteiger partial charge is 0.480 e. The molecule has 0 radical (unpaired) electrons. The van der Waals surface area contributed by atoms with Crippen LogP contribution in [0.25, 0.3) is 0 Å². The number of hydrogen-bond donors (Lipinski definition) is 2. The van der Waals surface area contributed by atoms with Crippen LogP contribution in [0.1, 0.15) is 15.9 Å². The maximum atomic E-state index is 12.1. The van der Waals surface area contributed by atoms with Crippen LogP contribution in [0.3, 0.4) is 0 Å². The number of nitro benzene ring substituents is 1. The average Bonchev–Trinajstić information content (AvgIpc) is 2.45. The zero-order chi connectivity index (χ0) is 16.7. The fraction of sp³-hybridized carbons (Fsp3) is 0.286. The second-order valence-corrected chi connectivity index (χ2v) is 4.40. The molecule has 0 aliphatic carbocycles. The number of hydrogen-bond acceptors (Lipinski definition) is 5. The Morgan fingerprint density at radius 1 is 1.55 bits per heavy atom. The molecular formula is C14H16N2O6. The molecule has 1 atom stereocenters. The molecule has 118 valence electrons. The molecule has 8 nitrogen and oxygen atoms in total. The van der Waals surface area contributed by atoms with Crippen LogP contribution in [0.5, 0.6) is 0 Å². The quantitative estimate of drug-likeness (QED) is 0.323. The van der Waals surface area contributed by atoms with Gasteiger partial charge in [-0.25, -0.2) is 4.79 Å². The summed E-state index contributed by atoms with van der Waals surface area (Å²) in [7, 11) is 0. The highest BCUT2D eigenvalue weighted by molar-refractivity contribution is 5.98. The van der Waals surface area contributed by atoms with Gasteiger partial charge in [-0.3, -0.25) is 14.9 Å². The topological polar surface area (TPSA) is 119 Å². The van der Waals surface area contributed by atoms with Crippen molar-refractivity contribution in [1.82, 2.24) is 5.32 Å². The Morgan fingerprint density at radius 2 is 2.23 bits per heavy atom. The number of benzene rings is 1. The molecule has 0 heterocycles. The van der Waals surface area contributed by atoms with Gasteiger partial charge in [-0.1, -0.05) is 12.1 Å². The molecule has 0 fully saturated rings. The summed E-state index contributed by atoms with van der Waals surface area (Å²) in [5, 5.41) is 22.2. The van der Waals surface area contributed by atoms with Gasteiger partial charge in [0.25, 0.3) is 11.6 Å². The van der Waals surface area contributed by atoms with Crippen molar-refractivity contribution in [3.63, 3.8) is 0 Å². The number of carbonyl (C=O) groups excluding carboxylic acids is 1. The van der Waals surface area contributed by atoms with Crippen molar-refractivity contribution < 1.29 is 24.4 Å². The minimum Gasteiger partial charge on any atom is -0.480 e. The van der Waals surface area contributed by atoms with Crippen LogP contribution in [0.4, 0.5) is 5.69 Å². The van der Waals surface area contributed by atoms with Gasteiger partial charge in [0.05, 0.1) is 18.1 Å². The molecule has 22 heavy (non-hydrogen) atoms. The normalized spacial score (nSPS) is 11.5. The van der Waals surface area contributed by atoms with E-state index in [2.05, 4.69) is 11.9 Å². The van der Waals surface area contributed by atoms with Gasteiger partial charge < -0.3 is 15.2 Å². The molecule has 1 amide bonds. The number of amides is 1. The van der Waals surface area contributed by atoms with E-state index in [1.54, 1.807) is 0 Å². The zero-order valence-electron chi connectivity index (χ0n) is 11.9. The molecule has 0 aromatic heterocycles. The van der Waals surface area contributed by atoms with E-state index >= 15 is 0 Å². The molecule has 0 bridgehead atoms. The third kappa shape index (κ3) is 4.38. The van der Waals surface area contributed by atoms with Crippen LogP contribution in [0.2, 0.25) is 0 Å². The number of carboxylic acids is 1. The van der Waals surface area contributed by atoms with Crippen LogP contribution >= 0.6 is 0 Å². The van der Waals surface area contributed by atoms with Crippen molar-refractivity contribution in [1.29, 1.82) is 0 Å². The third-order valence-corrected chi connectivity index (χ3v) is 2.87. The zero-order valence-corrected chi connectivity index (χ0v) is 11.9. The van der Waals surface area contributed by atoms with Gasteiger partial charge in [0.15, 0.2) is 6.04 Å². The first-order valence-corrected chi connectivity index (χ1v) is 6.34. The summed E-state index contributed by atoms with van der Waals surface area (Å²) in [6.45, 7) is 4.77. The minimum absolute atomic E-state index is 0.0455. The van der Waals surface area contributed by atoms with Crippen LogP contribution in [0.15, 0.2) is 30.9 Å². The Morgan fingerprint density at radius 3 is 2.77 bits per heavy atom. The van der Waals surface area contributed by atoms with Gasteiger partial charge in [-0.2, -0.15) is 0 Å². The third-order valence-electron chi connectivity index (χ3n) is 2.87. The van der Waals surface area contributed by atoms with Crippen molar-refractivity contribution in [3.05, 3.63) is 52.1 Å². The fourth-order valence-corrected chi connectivity index (χ4v) is 1.75. The van der Waals surface area contributed by atoms with Gasteiger partial charge in [0, 0.05) is 17.2 Å². The number of nitrogens with zero attached hydrogens (tertiary/aromatic N) is 1. The number of ether oxygens (including phenoxy) is 1. The van der Waals surface area contributed by atoms with Crippen molar-refractivity contribution in [2.24, 2.45) is 0 Å². The molecule has 0 saturated heterocycles. The summed E-state index contributed by atoms with van der Waals surface area (Å²) in [6, 6.07) is 2.77. The summed E-state index contributed by atoms with van der Waals surface area (Å²) >= 11 is 0. The summed E-state index contributed by atoms with van der Waals surface area (Å²) in [5.41, 5.74) is 0.00718. The van der Waals surface area contributed by atoms with Gasteiger partial charge in [0.1, 0.15) is 0 Å². The molecule has 2 N–H and O–H groups in total. The number of nitro groups is 1. The van der Waals surface area contributed by atoms with Gasteiger partial charge in [0.2, 0.25) is 0 Å². The van der Waals surface area contributed by atoms with E-state index < -0.39 is 22.8 Å². The maximum Gasteiger partial charge on any atom is 0.328 e. The van der Waals surface area contributed by atoms with Crippen LogP contribution in [-0.4, -0.2) is 41.2 Å². The predicted molar refractivity (Wildman–Crippen MR) is 77.7 cm³/mol. The number of aliphatic carboxylic acids is 1. The molecule has 0 saturated carbocycles. The second kappa shape index (κ2) is 7.89. The molecule has 0 aliphatic heterocycles. The average molecular weight is 308 g/mol. The van der Waals surface area contributed by atoms with E-state index in [1.807, 2.05) is 0 Å². The molecule has 1 aromatic carbocycles. The first-order chi connectivity index (χ1) is 10.4. The Bertz CT molecular complexity index is 599. The van der Waals surface area contributed by atoms with Crippen molar-refractivity contribution >= 4 is 17.6 Å². The molecule has 0 aliphatic rings. The lowest BCUT2D eigenvalue weighted by Crippen LogP contribution is -2.44. The summed E-state index contributed by atoms with van der Waals surface area (Å²) in [5.74, 6) is -1.98. The molecule has 8 heteroatoms. The van der Waals surface area contributed by atoms with E-state index in [1.165, 1.54) is 31.2 Å². The highest BCUT2D eigenvalue weighted by Crippen LogP contribution is 2.21. The Hall–Kier alpha value is -2.74. The Balaban J connectivity index is 2.90. The molecule has 1 rings (SSSR count). The molecule has 1 aromatic rings. The predicted octanol–water partition coefficient (Wildman–Crippen LogP) is 1.29. The Labute approximate surface area is 126 Å². The van der Waals surface area contributed by atoms with E-state index in [0.717, 1.165) is 0 Å². The minimum atomic E-state index is -1.26. The SMILES string of the molecule is C=CCOCC(NC(=O)c1cccc([N+](=O)[O-])c1C)C(=O)O. The summed E-state index contributed by atoms with van der Waals surface area (Å²) < 4.78 is 5.01. The smallest absolute Gasteiger partial charge is 0.328 e. The second-order valence-electron chi connectivity index (χ2n) is 4.40. The van der Waals surface area contributed by atoms with Crippen molar-refractivity contribution in [2.75, 3.05) is 13.2 Å². The molecule has 1 unspecified atom stereocenters. The fourth-order valence-electron chi connectivity index (χ4n) is 1.75. The monoisotopic (exact) mass is 308 g/mol. The Kier molecular flexibility index (Phi) is 6.21. The first-order valence-electron chi connectivity index (χ1n) is 6.34. The van der Waals surface area contributed by atoms with Gasteiger partial charge >= 0.3 is 5.97 Å². The number of nitrogens with one attached hydrogen (secondary N) is 1. The van der Waals surface area contributed by atoms with Crippen molar-refractivity contribution in [3.8, 4) is 0 Å². The van der Waals surface area contributed by atoms with Crippen LogP contribution < -0.4 is 5.32 Å². The number of carboxylic acid groups (broad SMARTS) is 1. The summed E-state index contributed by atoms with van der Waals surface area (Å²) in [6.07, 6.45) is 1.45. The van der Waals surface area contributed by atoms with E-state index in [9.17, 15) is 19.7 Å². The molecular weight excluding hydrogens is 292 g/mol. The first kappa shape index (κ1) is 17.3. The summed E-state index contributed by atoms with van der Waals surface area (Å²) in [4.78, 5) is 33.5. The van der Waals surface area contributed by atoms with E-state index in [4.69, 9.17) is 9.84 Å². The van der Waals surface area contributed by atoms with Crippen molar-refractivity contribution in [2.45, 2.75) is 13.0 Å². The lowest BCUT2D eigenvalue weighted by molar-refractivity contribution is -0.385. The highest BCUT2D eigenvalue weighted by atomic mass is 16.6. The van der Waals surface area contributed by atoms with E-state index in [-0.39, 0.29) is 30.0 Å². The lowest BCUT2D eigenvalue weighted by atomic mass is 10.1. The van der Waals surface area contributed by atoms with Crippen LogP contribution in [0, 0.1) is 17.0 Å². The molecule has 0 spiro atoms. The van der Waals surface area contributed by atoms with Crippen LogP contribution in [-0.2, 0) is 9.53 Å². The lowest BCUT2D eigenvalue weighted by Gasteiger charge is -2.15. The number of rotatable bonds is 8. The van der Waals surface area contributed by atoms with Gasteiger partial charge in [-0.05, 0) is 13.0 Å². The van der Waals surface area contributed by atoms with Gasteiger partial charge in [-0.15, -0.1) is 6.58 Å². The maximum absolute atomic E-state index is 12.1. The van der Waals surface area contributed by atoms with E-state index in [0.29, 0.717) is 0 Å². The number of carbonyl (C=O) groups is 2. The standard InChI is InChI=1S/C14H16N2O6/c1-3-7-22-8-11(14(18)19)15-13(17)10-5-4-6-12(9(10)2)16(20)21/h3-6,11H,1,7-8H2,2H3,(H,15,17)(H,18,19). The highest BCUT2D eigenvalue weighted by Gasteiger charge is 2.24.